The van der Waals surface area contributed by atoms with E-state index in [0.717, 1.165) is 38.8 Å². The van der Waals surface area contributed by atoms with Crippen LogP contribution in [0.15, 0.2) is 65.8 Å². The zero-order valence-corrected chi connectivity index (χ0v) is 15.9. The third kappa shape index (κ3) is 3.13. The van der Waals surface area contributed by atoms with E-state index in [9.17, 15) is 0 Å². The van der Waals surface area contributed by atoms with Gasteiger partial charge in [-0.15, -0.1) is 11.3 Å². The van der Waals surface area contributed by atoms with Crippen LogP contribution in [0.4, 0.5) is 0 Å². The fraction of sp³-hybridized carbons (Fsp3) is 0.150. The van der Waals surface area contributed by atoms with Gasteiger partial charge in [0.25, 0.3) is 0 Å². The predicted molar refractivity (Wildman–Crippen MR) is 111 cm³/mol. The predicted octanol–water partition coefficient (Wildman–Crippen LogP) is 4.51. The number of aromatic nitrogens is 1. The molecule has 26 heavy (non-hydrogen) atoms. The first kappa shape index (κ1) is 16.9. The van der Waals surface area contributed by atoms with Crippen LogP contribution in [0.3, 0.4) is 0 Å². The molecule has 0 radical (unpaired) electrons. The second kappa shape index (κ2) is 6.97. The maximum absolute atomic E-state index is 5.94. The van der Waals surface area contributed by atoms with Crippen LogP contribution in [0.2, 0.25) is 0 Å². The summed E-state index contributed by atoms with van der Waals surface area (Å²) in [5.41, 5.74) is 10.2. The Balaban J connectivity index is 1.69. The molecule has 0 saturated heterocycles. The molecule has 0 spiro atoms. The lowest BCUT2D eigenvalue weighted by atomic mass is 10.0. The van der Waals surface area contributed by atoms with Crippen molar-refractivity contribution in [3.8, 4) is 10.6 Å². The van der Waals surface area contributed by atoms with Crippen LogP contribution in [-0.4, -0.2) is 20.8 Å². The molecular formula is C20H18N4S2. The normalized spacial score (nSPS) is 16.6. The van der Waals surface area contributed by atoms with Crippen molar-refractivity contribution >= 4 is 34.4 Å². The Morgan fingerprint density at radius 2 is 1.77 bits per heavy atom. The maximum Gasteiger partial charge on any atom is 0.187 e. The van der Waals surface area contributed by atoms with Crippen molar-refractivity contribution in [2.24, 2.45) is 10.8 Å². The molecular weight excluding hydrogens is 360 g/mol. The van der Waals surface area contributed by atoms with Crippen LogP contribution in [0.1, 0.15) is 28.6 Å². The molecule has 0 saturated carbocycles. The topological polar surface area (TPSA) is 54.5 Å². The highest BCUT2D eigenvalue weighted by Crippen LogP contribution is 2.36. The third-order valence-electron chi connectivity index (χ3n) is 4.40. The van der Waals surface area contributed by atoms with Crippen molar-refractivity contribution in [2.45, 2.75) is 19.4 Å². The zero-order valence-electron chi connectivity index (χ0n) is 14.3. The van der Waals surface area contributed by atoms with Gasteiger partial charge in [0, 0.05) is 12.0 Å². The summed E-state index contributed by atoms with van der Waals surface area (Å²) in [6.07, 6.45) is 0.763. The standard InChI is InChI=1S/C20H18N4S2/c1-13-18(26-19(22-13)15-10-6-3-7-11-15)16-12-17(24(23-16)20(21)25)14-8-4-2-5-9-14/h2-11,17H,12H2,1H3,(H2,21,25). The fourth-order valence-corrected chi connectivity index (χ4v) is 4.39. The van der Waals surface area contributed by atoms with E-state index in [1.54, 1.807) is 16.3 Å². The largest absolute Gasteiger partial charge is 0.375 e. The molecule has 0 fully saturated rings. The van der Waals surface area contributed by atoms with Crippen LogP contribution >= 0.6 is 23.6 Å². The van der Waals surface area contributed by atoms with Crippen LogP contribution in [0.25, 0.3) is 10.6 Å². The van der Waals surface area contributed by atoms with Crippen molar-refractivity contribution < 1.29 is 0 Å². The monoisotopic (exact) mass is 378 g/mol. The minimum Gasteiger partial charge on any atom is -0.375 e. The van der Waals surface area contributed by atoms with Crippen molar-refractivity contribution in [1.29, 1.82) is 0 Å². The van der Waals surface area contributed by atoms with Gasteiger partial charge in [-0.2, -0.15) is 5.10 Å². The van der Waals surface area contributed by atoms with E-state index >= 15 is 0 Å². The summed E-state index contributed by atoms with van der Waals surface area (Å²) < 4.78 is 0. The van der Waals surface area contributed by atoms with Crippen LogP contribution in [-0.2, 0) is 0 Å². The van der Waals surface area contributed by atoms with E-state index in [1.807, 2.05) is 43.3 Å². The molecule has 1 aliphatic rings. The molecule has 1 unspecified atom stereocenters. The summed E-state index contributed by atoms with van der Waals surface area (Å²) in [5, 5.41) is 7.79. The Hall–Kier alpha value is -2.57. The van der Waals surface area contributed by atoms with E-state index in [0.29, 0.717) is 5.11 Å². The second-order valence-electron chi connectivity index (χ2n) is 6.16. The highest BCUT2D eigenvalue weighted by molar-refractivity contribution is 7.80. The molecule has 0 amide bonds. The van der Waals surface area contributed by atoms with Gasteiger partial charge < -0.3 is 5.73 Å². The van der Waals surface area contributed by atoms with Gasteiger partial charge in [0.2, 0.25) is 0 Å². The minimum absolute atomic E-state index is 0.0328. The second-order valence-corrected chi connectivity index (χ2v) is 7.58. The van der Waals surface area contributed by atoms with Gasteiger partial charge >= 0.3 is 0 Å². The quantitative estimate of drug-likeness (QED) is 0.681. The van der Waals surface area contributed by atoms with E-state index < -0.39 is 0 Å². The first-order chi connectivity index (χ1) is 12.6. The molecule has 6 heteroatoms. The minimum atomic E-state index is 0.0328. The number of thiazole rings is 1. The number of hydrazone groups is 1. The Morgan fingerprint density at radius 3 is 2.42 bits per heavy atom. The van der Waals surface area contributed by atoms with Gasteiger partial charge in [0.05, 0.1) is 22.3 Å². The fourth-order valence-electron chi connectivity index (χ4n) is 3.15. The van der Waals surface area contributed by atoms with Gasteiger partial charge in [0.1, 0.15) is 5.01 Å². The SMILES string of the molecule is Cc1nc(-c2ccccc2)sc1C1=NN(C(N)=S)C(c2ccccc2)C1. The van der Waals surface area contributed by atoms with Crippen LogP contribution in [0, 0.1) is 6.92 Å². The van der Waals surface area contributed by atoms with Gasteiger partial charge in [-0.05, 0) is 24.7 Å². The summed E-state index contributed by atoms with van der Waals surface area (Å²) >= 11 is 6.90. The molecule has 4 nitrogen and oxygen atoms in total. The van der Waals surface area contributed by atoms with Crippen molar-refractivity contribution in [2.75, 3.05) is 0 Å². The number of nitrogens with zero attached hydrogens (tertiary/aromatic N) is 3. The number of hydrogen-bond acceptors (Lipinski definition) is 4. The molecule has 1 atom stereocenters. The molecule has 3 aromatic rings. The molecule has 0 aliphatic carbocycles. The van der Waals surface area contributed by atoms with E-state index in [-0.39, 0.29) is 6.04 Å². The summed E-state index contributed by atoms with van der Waals surface area (Å²) in [5.74, 6) is 0. The molecule has 0 bridgehead atoms. The molecule has 4 rings (SSSR count). The van der Waals surface area contributed by atoms with Crippen LogP contribution < -0.4 is 5.73 Å². The van der Waals surface area contributed by atoms with Gasteiger partial charge in [0.15, 0.2) is 5.11 Å². The van der Waals surface area contributed by atoms with Crippen molar-refractivity contribution in [1.82, 2.24) is 9.99 Å². The molecule has 2 aromatic carbocycles. The summed E-state index contributed by atoms with van der Waals surface area (Å²) in [6, 6.07) is 20.5. The number of hydrogen-bond donors (Lipinski definition) is 1. The van der Waals surface area contributed by atoms with E-state index in [4.69, 9.17) is 28.0 Å². The third-order valence-corrected chi connectivity index (χ3v) is 5.84. The zero-order chi connectivity index (χ0) is 18.1. The van der Waals surface area contributed by atoms with E-state index in [2.05, 4.69) is 24.3 Å². The number of rotatable bonds is 3. The first-order valence-corrected chi connectivity index (χ1v) is 9.60. The molecule has 1 aromatic heterocycles. The lowest BCUT2D eigenvalue weighted by molar-refractivity contribution is 0.373. The number of nitrogens with two attached hydrogens (primary N) is 1. The van der Waals surface area contributed by atoms with Crippen molar-refractivity contribution in [3.05, 3.63) is 76.8 Å². The smallest absolute Gasteiger partial charge is 0.187 e. The molecule has 2 N–H and O–H groups in total. The first-order valence-electron chi connectivity index (χ1n) is 8.38. The van der Waals surface area contributed by atoms with Crippen molar-refractivity contribution in [3.63, 3.8) is 0 Å². The molecule has 2 heterocycles. The highest BCUT2D eigenvalue weighted by Gasteiger charge is 2.32. The maximum atomic E-state index is 5.94. The van der Waals surface area contributed by atoms with Crippen LogP contribution in [0.5, 0.6) is 0 Å². The summed E-state index contributed by atoms with van der Waals surface area (Å²) in [4.78, 5) is 5.85. The number of benzene rings is 2. The van der Waals surface area contributed by atoms with Gasteiger partial charge in [-0.1, -0.05) is 60.7 Å². The summed E-state index contributed by atoms with van der Waals surface area (Å²) in [6.45, 7) is 2.03. The lowest BCUT2D eigenvalue weighted by Crippen LogP contribution is -2.31. The van der Waals surface area contributed by atoms with Gasteiger partial charge in [-0.3, -0.25) is 0 Å². The average molecular weight is 379 g/mol. The Morgan fingerprint density at radius 1 is 1.12 bits per heavy atom. The number of thiocarbonyl (C=S) groups is 1. The van der Waals surface area contributed by atoms with E-state index in [1.165, 1.54) is 0 Å². The Kier molecular flexibility index (Phi) is 4.53. The average Bonchev–Trinajstić information content (AvgIpc) is 3.27. The lowest BCUT2D eigenvalue weighted by Gasteiger charge is -2.21. The highest BCUT2D eigenvalue weighted by atomic mass is 32.1. The number of aryl methyl sites for hydroxylation is 1. The molecule has 130 valence electrons. The molecule has 1 aliphatic heterocycles. The summed E-state index contributed by atoms with van der Waals surface area (Å²) in [7, 11) is 0. The van der Waals surface area contributed by atoms with Gasteiger partial charge in [-0.25, -0.2) is 9.99 Å². The Labute approximate surface area is 162 Å². The Bertz CT molecular complexity index is 964.